The van der Waals surface area contributed by atoms with Crippen LogP contribution in [0.1, 0.15) is 48.8 Å². The highest BCUT2D eigenvalue weighted by Gasteiger charge is 2.28. The Hall–Kier alpha value is -2.23. The van der Waals surface area contributed by atoms with Crippen LogP contribution in [0.4, 0.5) is 4.39 Å². The van der Waals surface area contributed by atoms with Gasteiger partial charge >= 0.3 is 0 Å². The molecule has 0 spiro atoms. The molecule has 1 aliphatic heterocycles. The molecule has 1 fully saturated rings. The molecule has 9 heteroatoms. The van der Waals surface area contributed by atoms with Crippen molar-refractivity contribution in [2.75, 3.05) is 32.7 Å². The summed E-state index contributed by atoms with van der Waals surface area (Å²) >= 11 is 0. The molecule has 1 aromatic heterocycles. The minimum Gasteiger partial charge on any atom is -0.468 e. The predicted octanol–water partition coefficient (Wildman–Crippen LogP) is 3.02. The van der Waals surface area contributed by atoms with Crippen molar-refractivity contribution in [3.8, 4) is 0 Å². The highest BCUT2D eigenvalue weighted by molar-refractivity contribution is 7.89. The van der Waals surface area contributed by atoms with Crippen molar-refractivity contribution in [3.05, 3.63) is 53.7 Å². The molecule has 1 amide bonds. The second kappa shape index (κ2) is 9.72. The molecule has 1 unspecified atom stereocenters. The minimum atomic E-state index is -3.79. The fourth-order valence-electron chi connectivity index (χ4n) is 3.78. The molecule has 3 rings (SSSR count). The third-order valence-electron chi connectivity index (χ3n) is 5.43. The van der Waals surface area contributed by atoms with Crippen molar-refractivity contribution in [2.45, 2.75) is 37.6 Å². The van der Waals surface area contributed by atoms with Crippen molar-refractivity contribution in [1.29, 1.82) is 0 Å². The van der Waals surface area contributed by atoms with Gasteiger partial charge in [-0.2, -0.15) is 4.31 Å². The lowest BCUT2D eigenvalue weighted by molar-refractivity contribution is 0.0929. The van der Waals surface area contributed by atoms with Gasteiger partial charge in [0.05, 0.1) is 22.8 Å². The van der Waals surface area contributed by atoms with E-state index in [0.29, 0.717) is 13.1 Å². The van der Waals surface area contributed by atoms with Crippen LogP contribution in [0.15, 0.2) is 45.9 Å². The lowest BCUT2D eigenvalue weighted by atomic mass is 10.1. The Morgan fingerprint density at radius 1 is 1.23 bits per heavy atom. The van der Waals surface area contributed by atoms with Gasteiger partial charge in [-0.1, -0.05) is 13.8 Å². The first kappa shape index (κ1) is 22.5. The van der Waals surface area contributed by atoms with Crippen molar-refractivity contribution < 1.29 is 22.0 Å². The van der Waals surface area contributed by atoms with E-state index in [1.165, 1.54) is 10.4 Å². The summed E-state index contributed by atoms with van der Waals surface area (Å²) in [4.78, 5) is 14.9. The Morgan fingerprint density at radius 3 is 2.53 bits per heavy atom. The standard InChI is InChI=1S/C21H28FN3O4S/c1-3-25(4-2)30(27,28)16-9-10-18(22)17(14-16)21(26)23-15-19(20-8-7-13-29-20)24-11-5-6-12-24/h7-10,13-14,19H,3-6,11-12,15H2,1-2H3,(H,23,26). The second-order valence-corrected chi connectivity index (χ2v) is 9.15. The van der Waals surface area contributed by atoms with Crippen LogP contribution >= 0.6 is 0 Å². The van der Waals surface area contributed by atoms with Crippen LogP contribution in [-0.4, -0.2) is 56.3 Å². The highest BCUT2D eigenvalue weighted by atomic mass is 32.2. The smallest absolute Gasteiger partial charge is 0.254 e. The molecule has 7 nitrogen and oxygen atoms in total. The van der Waals surface area contributed by atoms with Gasteiger partial charge in [0.25, 0.3) is 5.91 Å². The molecule has 2 aromatic rings. The number of halogens is 1. The first-order chi connectivity index (χ1) is 14.4. The second-order valence-electron chi connectivity index (χ2n) is 7.22. The van der Waals surface area contributed by atoms with Gasteiger partial charge in [0.2, 0.25) is 10.0 Å². The Balaban J connectivity index is 1.79. The van der Waals surface area contributed by atoms with Crippen molar-refractivity contribution in [3.63, 3.8) is 0 Å². The molecular formula is C21H28FN3O4S. The summed E-state index contributed by atoms with van der Waals surface area (Å²) in [7, 11) is -3.79. The number of carbonyl (C=O) groups is 1. The first-order valence-corrected chi connectivity index (χ1v) is 11.7. The first-order valence-electron chi connectivity index (χ1n) is 10.2. The van der Waals surface area contributed by atoms with Gasteiger partial charge in [0.1, 0.15) is 11.6 Å². The van der Waals surface area contributed by atoms with E-state index in [2.05, 4.69) is 10.2 Å². The number of carbonyl (C=O) groups excluding carboxylic acids is 1. The molecule has 0 radical (unpaired) electrons. The molecule has 1 saturated heterocycles. The van der Waals surface area contributed by atoms with E-state index < -0.39 is 21.7 Å². The number of hydrogen-bond acceptors (Lipinski definition) is 5. The maximum atomic E-state index is 14.4. The number of amides is 1. The van der Waals surface area contributed by atoms with Crippen LogP contribution in [0.2, 0.25) is 0 Å². The van der Waals surface area contributed by atoms with Crippen LogP contribution in [0.3, 0.4) is 0 Å². The van der Waals surface area contributed by atoms with Crippen LogP contribution in [0.25, 0.3) is 0 Å². The number of nitrogens with one attached hydrogen (secondary N) is 1. The van der Waals surface area contributed by atoms with Gasteiger partial charge in [-0.15, -0.1) is 0 Å². The zero-order valence-corrected chi connectivity index (χ0v) is 18.1. The molecule has 0 saturated carbocycles. The van der Waals surface area contributed by atoms with Gasteiger partial charge in [0.15, 0.2) is 0 Å². The molecule has 30 heavy (non-hydrogen) atoms. The average Bonchev–Trinajstić information content (AvgIpc) is 3.44. The molecule has 1 atom stereocenters. The fourth-order valence-corrected chi connectivity index (χ4v) is 5.26. The number of hydrogen-bond donors (Lipinski definition) is 1. The van der Waals surface area contributed by atoms with Crippen molar-refractivity contribution in [2.24, 2.45) is 0 Å². The largest absolute Gasteiger partial charge is 0.468 e. The Labute approximate surface area is 176 Å². The normalized spacial score (nSPS) is 16.1. The number of likely N-dealkylation sites (tertiary alicyclic amines) is 1. The van der Waals surface area contributed by atoms with Crippen molar-refractivity contribution in [1.82, 2.24) is 14.5 Å². The van der Waals surface area contributed by atoms with Crippen LogP contribution in [0, 0.1) is 5.82 Å². The molecule has 1 N–H and O–H groups in total. The van der Waals surface area contributed by atoms with Crippen LogP contribution in [0.5, 0.6) is 0 Å². The zero-order valence-electron chi connectivity index (χ0n) is 17.3. The number of furan rings is 1. The Morgan fingerprint density at radius 2 is 1.93 bits per heavy atom. The van der Waals surface area contributed by atoms with E-state index in [1.807, 2.05) is 6.07 Å². The molecular weight excluding hydrogens is 409 g/mol. The quantitative estimate of drug-likeness (QED) is 0.652. The third kappa shape index (κ3) is 4.74. The van der Waals surface area contributed by atoms with Crippen LogP contribution in [-0.2, 0) is 10.0 Å². The average molecular weight is 438 g/mol. The summed E-state index contributed by atoms with van der Waals surface area (Å²) in [6, 6.07) is 6.81. The van der Waals surface area contributed by atoms with E-state index in [0.717, 1.165) is 43.8 Å². The van der Waals surface area contributed by atoms with E-state index >= 15 is 0 Å². The van der Waals surface area contributed by atoms with Gasteiger partial charge in [-0.3, -0.25) is 9.69 Å². The lowest BCUT2D eigenvalue weighted by Crippen LogP contribution is -2.37. The summed E-state index contributed by atoms with van der Waals surface area (Å²) in [5.74, 6) is -0.683. The summed E-state index contributed by atoms with van der Waals surface area (Å²) in [6.07, 6.45) is 3.73. The number of rotatable bonds is 9. The summed E-state index contributed by atoms with van der Waals surface area (Å²) in [5, 5.41) is 2.75. The molecule has 1 aliphatic rings. The fraction of sp³-hybridized carbons (Fsp3) is 0.476. The van der Waals surface area contributed by atoms with Crippen molar-refractivity contribution >= 4 is 15.9 Å². The molecule has 1 aromatic carbocycles. The number of sulfonamides is 1. The predicted molar refractivity (Wildman–Crippen MR) is 111 cm³/mol. The topological polar surface area (TPSA) is 82.9 Å². The maximum Gasteiger partial charge on any atom is 0.254 e. The van der Waals surface area contributed by atoms with Gasteiger partial charge in [-0.25, -0.2) is 12.8 Å². The molecule has 164 valence electrons. The van der Waals surface area contributed by atoms with E-state index in [-0.39, 0.29) is 23.0 Å². The molecule has 0 bridgehead atoms. The molecule has 2 heterocycles. The summed E-state index contributed by atoms with van der Waals surface area (Å²) < 4.78 is 46.6. The van der Waals surface area contributed by atoms with E-state index in [1.54, 1.807) is 26.2 Å². The van der Waals surface area contributed by atoms with Gasteiger partial charge < -0.3 is 9.73 Å². The van der Waals surface area contributed by atoms with Crippen LogP contribution < -0.4 is 5.32 Å². The van der Waals surface area contributed by atoms with E-state index in [9.17, 15) is 17.6 Å². The number of nitrogens with zero attached hydrogens (tertiary/aromatic N) is 2. The third-order valence-corrected chi connectivity index (χ3v) is 7.48. The zero-order chi connectivity index (χ0) is 21.7. The van der Waals surface area contributed by atoms with E-state index in [4.69, 9.17) is 4.42 Å². The summed E-state index contributed by atoms with van der Waals surface area (Å²) in [6.45, 7) is 6.06. The number of benzene rings is 1. The maximum absolute atomic E-state index is 14.4. The lowest BCUT2D eigenvalue weighted by Gasteiger charge is -2.26. The SMILES string of the molecule is CCN(CC)S(=O)(=O)c1ccc(F)c(C(=O)NCC(c2ccco2)N2CCCC2)c1. The van der Waals surface area contributed by atoms with Gasteiger partial charge in [0, 0.05) is 19.6 Å². The van der Waals surface area contributed by atoms with Gasteiger partial charge in [-0.05, 0) is 56.3 Å². The molecule has 0 aliphatic carbocycles. The Bertz CT molecular complexity index is 953. The summed E-state index contributed by atoms with van der Waals surface area (Å²) in [5.41, 5.74) is -0.289. The Kier molecular flexibility index (Phi) is 7.27. The highest BCUT2D eigenvalue weighted by Crippen LogP contribution is 2.25. The minimum absolute atomic E-state index is 0.0973. The monoisotopic (exact) mass is 437 g/mol.